The molecule has 1 aliphatic heterocycles. The summed E-state index contributed by atoms with van der Waals surface area (Å²) in [4.78, 5) is 14.8. The molecule has 1 amide bonds. The van der Waals surface area contributed by atoms with Crippen molar-refractivity contribution in [3.8, 4) is 5.75 Å². The lowest BCUT2D eigenvalue weighted by atomic mass is 10.1. The van der Waals surface area contributed by atoms with Crippen LogP contribution >= 0.6 is 27.5 Å². The van der Waals surface area contributed by atoms with Crippen LogP contribution in [0.1, 0.15) is 11.7 Å². The molecule has 0 unspecified atom stereocenters. The van der Waals surface area contributed by atoms with Crippen LogP contribution in [0.3, 0.4) is 0 Å². The van der Waals surface area contributed by atoms with E-state index >= 15 is 0 Å². The summed E-state index contributed by atoms with van der Waals surface area (Å²) in [5.74, 6) is 0.515. The fourth-order valence-electron chi connectivity index (χ4n) is 2.54. The Kier molecular flexibility index (Phi) is 5.76. The van der Waals surface area contributed by atoms with Crippen molar-refractivity contribution >= 4 is 33.4 Å². The molecule has 3 rings (SSSR count). The summed E-state index contributed by atoms with van der Waals surface area (Å²) < 4.78 is 12.1. The summed E-state index contributed by atoms with van der Waals surface area (Å²) in [5, 5.41) is 0.602. The molecule has 0 radical (unpaired) electrons. The van der Waals surface area contributed by atoms with Crippen LogP contribution in [0.15, 0.2) is 53.0 Å². The predicted molar refractivity (Wildman–Crippen MR) is 96.4 cm³/mol. The van der Waals surface area contributed by atoms with Crippen LogP contribution in [0.2, 0.25) is 5.02 Å². The Bertz CT molecular complexity index is 705. The number of halogens is 2. The van der Waals surface area contributed by atoms with Gasteiger partial charge in [0.15, 0.2) is 0 Å². The minimum absolute atomic E-state index is 0.0636. The SMILES string of the molecule is O=C([C@@H](Oc1ccc(Cl)cc1Br)c1ccccc1)N1CCOCC1. The molecule has 6 heteroatoms. The monoisotopic (exact) mass is 409 g/mol. The van der Waals surface area contributed by atoms with E-state index in [4.69, 9.17) is 21.1 Å². The highest BCUT2D eigenvalue weighted by molar-refractivity contribution is 9.10. The normalized spacial score (nSPS) is 15.8. The van der Waals surface area contributed by atoms with Crippen molar-refractivity contribution in [1.29, 1.82) is 0 Å². The number of benzene rings is 2. The summed E-state index contributed by atoms with van der Waals surface area (Å²) in [6.07, 6.45) is -0.707. The summed E-state index contributed by atoms with van der Waals surface area (Å²) in [7, 11) is 0. The zero-order valence-electron chi connectivity index (χ0n) is 13.0. The van der Waals surface area contributed by atoms with Crippen LogP contribution < -0.4 is 4.74 Å². The van der Waals surface area contributed by atoms with E-state index in [0.717, 1.165) is 5.56 Å². The number of carbonyl (C=O) groups is 1. The molecular formula is C18H17BrClNO3. The van der Waals surface area contributed by atoms with Gasteiger partial charge in [-0.2, -0.15) is 0 Å². The van der Waals surface area contributed by atoms with Crippen molar-refractivity contribution in [2.75, 3.05) is 26.3 Å². The number of hydrogen-bond acceptors (Lipinski definition) is 3. The van der Waals surface area contributed by atoms with Gasteiger partial charge in [-0.15, -0.1) is 0 Å². The van der Waals surface area contributed by atoms with Crippen LogP contribution in [0.25, 0.3) is 0 Å². The first kappa shape index (κ1) is 17.3. The van der Waals surface area contributed by atoms with Gasteiger partial charge in [0.25, 0.3) is 5.91 Å². The lowest BCUT2D eigenvalue weighted by Crippen LogP contribution is -2.44. The largest absolute Gasteiger partial charge is 0.475 e. The van der Waals surface area contributed by atoms with Gasteiger partial charge in [-0.3, -0.25) is 4.79 Å². The van der Waals surface area contributed by atoms with Crippen molar-refractivity contribution in [1.82, 2.24) is 4.90 Å². The fraction of sp³-hybridized carbons (Fsp3) is 0.278. The van der Waals surface area contributed by atoms with E-state index in [9.17, 15) is 4.79 Å². The minimum Gasteiger partial charge on any atom is -0.475 e. The lowest BCUT2D eigenvalue weighted by molar-refractivity contribution is -0.143. The molecule has 0 bridgehead atoms. The first-order valence-electron chi connectivity index (χ1n) is 7.68. The topological polar surface area (TPSA) is 38.8 Å². The zero-order valence-corrected chi connectivity index (χ0v) is 15.3. The van der Waals surface area contributed by atoms with E-state index < -0.39 is 6.10 Å². The van der Waals surface area contributed by atoms with E-state index in [1.54, 1.807) is 23.1 Å². The van der Waals surface area contributed by atoms with Gasteiger partial charge in [-0.05, 0) is 34.1 Å². The summed E-state index contributed by atoms with van der Waals surface area (Å²) in [6, 6.07) is 14.7. The van der Waals surface area contributed by atoms with Gasteiger partial charge in [0, 0.05) is 23.7 Å². The smallest absolute Gasteiger partial charge is 0.268 e. The van der Waals surface area contributed by atoms with Crippen molar-refractivity contribution in [2.45, 2.75) is 6.10 Å². The molecule has 0 spiro atoms. The number of rotatable bonds is 4. The summed E-state index contributed by atoms with van der Waals surface area (Å²) in [5.41, 5.74) is 0.816. The van der Waals surface area contributed by atoms with Crippen LogP contribution in [0, 0.1) is 0 Å². The number of amides is 1. The second kappa shape index (κ2) is 8.01. The first-order chi connectivity index (χ1) is 11.6. The van der Waals surface area contributed by atoms with Gasteiger partial charge in [-0.25, -0.2) is 0 Å². The van der Waals surface area contributed by atoms with Crippen molar-refractivity contribution < 1.29 is 14.3 Å². The number of nitrogens with zero attached hydrogens (tertiary/aromatic N) is 1. The maximum Gasteiger partial charge on any atom is 0.268 e. The molecule has 1 saturated heterocycles. The number of carbonyl (C=O) groups excluding carboxylic acids is 1. The predicted octanol–water partition coefficient (Wildman–Crippen LogP) is 4.08. The molecule has 0 saturated carbocycles. The number of ether oxygens (including phenoxy) is 2. The summed E-state index contributed by atoms with van der Waals surface area (Å²) in [6.45, 7) is 2.26. The third-order valence-electron chi connectivity index (χ3n) is 3.79. The Morgan fingerprint density at radius 3 is 2.54 bits per heavy atom. The molecule has 0 aliphatic carbocycles. The van der Waals surface area contributed by atoms with Crippen LogP contribution in [-0.2, 0) is 9.53 Å². The maximum atomic E-state index is 13.0. The highest BCUT2D eigenvalue weighted by atomic mass is 79.9. The Balaban J connectivity index is 1.88. The van der Waals surface area contributed by atoms with E-state index in [1.807, 2.05) is 30.3 Å². The quantitative estimate of drug-likeness (QED) is 0.762. The second-order valence-electron chi connectivity index (χ2n) is 5.42. The third kappa shape index (κ3) is 4.09. The molecular weight excluding hydrogens is 394 g/mol. The van der Waals surface area contributed by atoms with Crippen LogP contribution in [-0.4, -0.2) is 37.1 Å². The highest BCUT2D eigenvalue weighted by Crippen LogP contribution is 2.32. The third-order valence-corrected chi connectivity index (χ3v) is 4.64. The average Bonchev–Trinajstić information content (AvgIpc) is 2.62. The van der Waals surface area contributed by atoms with Crippen LogP contribution in [0.5, 0.6) is 5.75 Å². The summed E-state index contributed by atoms with van der Waals surface area (Å²) >= 11 is 9.42. The Morgan fingerprint density at radius 1 is 1.17 bits per heavy atom. The van der Waals surface area contributed by atoms with Gasteiger partial charge in [0.2, 0.25) is 6.10 Å². The Labute approximate surface area is 154 Å². The van der Waals surface area contributed by atoms with Gasteiger partial charge >= 0.3 is 0 Å². The molecule has 126 valence electrons. The standard InChI is InChI=1S/C18H17BrClNO3/c19-15-12-14(20)6-7-16(15)24-17(13-4-2-1-3-5-13)18(22)21-8-10-23-11-9-21/h1-7,12,17H,8-11H2/t17-/m0/s1. The fourth-order valence-corrected chi connectivity index (χ4v) is 3.31. The van der Waals surface area contributed by atoms with Gasteiger partial charge in [0.05, 0.1) is 17.7 Å². The average molecular weight is 411 g/mol. The highest BCUT2D eigenvalue weighted by Gasteiger charge is 2.29. The molecule has 4 nitrogen and oxygen atoms in total. The molecule has 0 aromatic heterocycles. The Hall–Kier alpha value is -1.56. The van der Waals surface area contributed by atoms with Crippen LogP contribution in [0.4, 0.5) is 0 Å². The maximum absolute atomic E-state index is 13.0. The zero-order chi connectivity index (χ0) is 16.9. The molecule has 2 aromatic rings. The van der Waals surface area contributed by atoms with E-state index in [1.165, 1.54) is 0 Å². The minimum atomic E-state index is -0.707. The molecule has 1 aliphatic rings. The molecule has 2 aromatic carbocycles. The van der Waals surface area contributed by atoms with Crippen molar-refractivity contribution in [3.05, 3.63) is 63.6 Å². The van der Waals surface area contributed by atoms with Gasteiger partial charge in [-0.1, -0.05) is 41.9 Å². The molecule has 1 atom stereocenters. The molecule has 1 fully saturated rings. The van der Waals surface area contributed by atoms with Crippen molar-refractivity contribution in [2.24, 2.45) is 0 Å². The number of morpholine rings is 1. The van der Waals surface area contributed by atoms with Gasteiger partial charge in [0.1, 0.15) is 5.75 Å². The van der Waals surface area contributed by atoms with E-state index in [0.29, 0.717) is 41.5 Å². The lowest BCUT2D eigenvalue weighted by Gasteiger charge is -2.30. The van der Waals surface area contributed by atoms with E-state index in [2.05, 4.69) is 15.9 Å². The number of hydrogen-bond donors (Lipinski definition) is 0. The van der Waals surface area contributed by atoms with E-state index in [-0.39, 0.29) is 5.91 Å². The molecule has 24 heavy (non-hydrogen) atoms. The molecule has 1 heterocycles. The Morgan fingerprint density at radius 2 is 1.88 bits per heavy atom. The molecule has 0 N–H and O–H groups in total. The second-order valence-corrected chi connectivity index (χ2v) is 6.71. The first-order valence-corrected chi connectivity index (χ1v) is 8.85. The van der Waals surface area contributed by atoms with Crippen molar-refractivity contribution in [3.63, 3.8) is 0 Å². The van der Waals surface area contributed by atoms with Gasteiger partial charge < -0.3 is 14.4 Å².